The number of aryl methyl sites for hydroxylation is 1. The molecule has 0 aliphatic heterocycles. The Morgan fingerprint density at radius 3 is 2.62 bits per heavy atom. The van der Waals surface area contributed by atoms with Crippen LogP contribution in [0.15, 0.2) is 10.3 Å². The van der Waals surface area contributed by atoms with Crippen LogP contribution in [0.1, 0.15) is 12.5 Å². The van der Waals surface area contributed by atoms with Crippen molar-refractivity contribution in [1.82, 2.24) is 4.31 Å². The van der Waals surface area contributed by atoms with Crippen molar-refractivity contribution in [3.63, 3.8) is 0 Å². The number of rotatable bonds is 4. The predicted octanol–water partition coefficient (Wildman–Crippen LogP) is 2.24. The monoisotopic (exact) mass is 278 g/mol. The van der Waals surface area contributed by atoms with Crippen LogP contribution in [0.5, 0.6) is 0 Å². The van der Waals surface area contributed by atoms with Crippen LogP contribution in [0.4, 0.5) is 0 Å². The van der Waals surface area contributed by atoms with Crippen molar-refractivity contribution < 1.29 is 8.42 Å². The lowest BCUT2D eigenvalue weighted by Crippen LogP contribution is -2.30. The fraction of sp³-hybridized carbons (Fsp3) is 0.444. The zero-order chi connectivity index (χ0) is 12.3. The molecule has 0 saturated carbocycles. The highest BCUT2D eigenvalue weighted by molar-refractivity contribution is 7.91. The van der Waals surface area contributed by atoms with Crippen LogP contribution < -0.4 is 0 Å². The molecule has 88 valence electrons. The van der Waals surface area contributed by atoms with Gasteiger partial charge in [-0.2, -0.15) is 9.57 Å². The van der Waals surface area contributed by atoms with Crippen molar-refractivity contribution in [2.75, 3.05) is 13.1 Å². The lowest BCUT2D eigenvalue weighted by Gasteiger charge is -2.15. The van der Waals surface area contributed by atoms with Crippen molar-refractivity contribution in [3.05, 3.63) is 16.0 Å². The average Bonchev–Trinajstić information content (AvgIpc) is 2.56. The van der Waals surface area contributed by atoms with Gasteiger partial charge in [-0.05, 0) is 18.6 Å². The zero-order valence-corrected chi connectivity index (χ0v) is 11.3. The second-order valence-corrected chi connectivity index (χ2v) is 6.93. The van der Waals surface area contributed by atoms with Gasteiger partial charge in [-0.25, -0.2) is 8.42 Å². The SMILES string of the molecule is CCN(CC#N)S(=O)(=O)c1cc(C)c(Cl)s1. The van der Waals surface area contributed by atoms with E-state index in [1.165, 1.54) is 6.07 Å². The third-order valence-corrected chi connectivity index (χ3v) is 5.95. The van der Waals surface area contributed by atoms with E-state index in [1.54, 1.807) is 13.8 Å². The van der Waals surface area contributed by atoms with Crippen LogP contribution in [0.2, 0.25) is 4.34 Å². The molecule has 0 spiro atoms. The molecular weight excluding hydrogens is 268 g/mol. The first-order chi connectivity index (χ1) is 7.43. The van der Waals surface area contributed by atoms with Gasteiger partial charge in [-0.15, -0.1) is 11.3 Å². The van der Waals surface area contributed by atoms with Gasteiger partial charge in [0.05, 0.1) is 10.4 Å². The molecule has 0 N–H and O–H groups in total. The Morgan fingerprint density at radius 1 is 1.62 bits per heavy atom. The minimum absolute atomic E-state index is 0.145. The topological polar surface area (TPSA) is 61.2 Å². The lowest BCUT2D eigenvalue weighted by molar-refractivity contribution is 0.464. The molecule has 0 aliphatic carbocycles. The minimum atomic E-state index is -3.57. The molecule has 0 aliphatic rings. The minimum Gasteiger partial charge on any atom is -0.206 e. The molecule has 0 fully saturated rings. The second kappa shape index (κ2) is 5.15. The standard InChI is InChI=1S/C9H11ClN2O2S2/c1-3-12(5-4-11)16(13,14)8-6-7(2)9(10)15-8/h6H,3,5H2,1-2H3. The van der Waals surface area contributed by atoms with E-state index in [1.807, 2.05) is 6.07 Å². The highest BCUT2D eigenvalue weighted by Gasteiger charge is 2.25. The second-order valence-electron chi connectivity index (χ2n) is 3.11. The molecule has 0 saturated heterocycles. The van der Waals surface area contributed by atoms with Gasteiger partial charge >= 0.3 is 0 Å². The third-order valence-electron chi connectivity index (χ3n) is 2.03. The Labute approximate surface area is 104 Å². The Balaban J connectivity index is 3.15. The van der Waals surface area contributed by atoms with Gasteiger partial charge in [0.1, 0.15) is 10.8 Å². The number of sulfonamides is 1. The van der Waals surface area contributed by atoms with Crippen LogP contribution in [-0.2, 0) is 10.0 Å². The van der Waals surface area contributed by atoms with Gasteiger partial charge in [0, 0.05) is 6.54 Å². The molecule has 16 heavy (non-hydrogen) atoms. The largest absolute Gasteiger partial charge is 0.253 e. The van der Waals surface area contributed by atoms with Crippen LogP contribution >= 0.6 is 22.9 Å². The van der Waals surface area contributed by atoms with E-state index in [9.17, 15) is 8.42 Å². The molecule has 0 radical (unpaired) electrons. The summed E-state index contributed by atoms with van der Waals surface area (Å²) < 4.78 is 25.9. The molecule has 0 unspecified atom stereocenters. The van der Waals surface area contributed by atoms with E-state index in [2.05, 4.69) is 0 Å². The summed E-state index contributed by atoms with van der Waals surface area (Å²) in [7, 11) is -3.57. The number of hydrogen-bond donors (Lipinski definition) is 0. The number of halogens is 1. The first kappa shape index (κ1) is 13.5. The summed E-state index contributed by atoms with van der Waals surface area (Å²) in [6.07, 6.45) is 0. The summed E-state index contributed by atoms with van der Waals surface area (Å²) in [5.41, 5.74) is 0.734. The summed E-state index contributed by atoms with van der Waals surface area (Å²) in [5.74, 6) is 0. The fourth-order valence-electron chi connectivity index (χ4n) is 1.13. The molecular formula is C9H11ClN2O2S2. The van der Waals surface area contributed by atoms with Gasteiger partial charge < -0.3 is 0 Å². The molecule has 0 atom stereocenters. The summed E-state index contributed by atoms with van der Waals surface area (Å²) in [4.78, 5) is 0. The van der Waals surface area contributed by atoms with Gasteiger partial charge in [-0.1, -0.05) is 18.5 Å². The Kier molecular flexibility index (Phi) is 4.33. The molecule has 1 aromatic rings. The lowest BCUT2D eigenvalue weighted by atomic mass is 10.4. The van der Waals surface area contributed by atoms with Crippen molar-refractivity contribution in [1.29, 1.82) is 5.26 Å². The van der Waals surface area contributed by atoms with Gasteiger partial charge in [0.15, 0.2) is 0 Å². The zero-order valence-electron chi connectivity index (χ0n) is 8.90. The summed E-state index contributed by atoms with van der Waals surface area (Å²) in [5, 5.41) is 8.56. The summed E-state index contributed by atoms with van der Waals surface area (Å²) in [6, 6.07) is 3.36. The maximum Gasteiger partial charge on any atom is 0.253 e. The average molecular weight is 279 g/mol. The molecule has 0 amide bonds. The molecule has 7 heteroatoms. The Morgan fingerprint density at radius 2 is 2.25 bits per heavy atom. The molecule has 1 aromatic heterocycles. The maximum absolute atomic E-state index is 12.0. The first-order valence-corrected chi connectivity index (χ1v) is 7.20. The van der Waals surface area contributed by atoms with E-state index in [0.717, 1.165) is 21.2 Å². The van der Waals surface area contributed by atoms with Crippen molar-refractivity contribution in [2.45, 2.75) is 18.1 Å². The Bertz CT molecular complexity index is 497. The van der Waals surface area contributed by atoms with E-state index >= 15 is 0 Å². The van der Waals surface area contributed by atoms with E-state index in [-0.39, 0.29) is 17.3 Å². The number of thiophene rings is 1. The molecule has 1 heterocycles. The van der Waals surface area contributed by atoms with E-state index < -0.39 is 10.0 Å². The molecule has 1 rings (SSSR count). The highest BCUT2D eigenvalue weighted by Crippen LogP contribution is 2.31. The molecule has 0 aromatic carbocycles. The third kappa shape index (κ3) is 2.55. The number of nitrogens with zero attached hydrogens (tertiary/aromatic N) is 2. The van der Waals surface area contributed by atoms with Crippen LogP contribution in [0, 0.1) is 18.3 Å². The van der Waals surface area contributed by atoms with Crippen LogP contribution in [0.3, 0.4) is 0 Å². The number of hydrogen-bond acceptors (Lipinski definition) is 4. The van der Waals surface area contributed by atoms with Gasteiger partial charge in [-0.3, -0.25) is 0 Å². The van der Waals surface area contributed by atoms with Crippen molar-refractivity contribution >= 4 is 33.0 Å². The van der Waals surface area contributed by atoms with Crippen LogP contribution in [-0.4, -0.2) is 25.8 Å². The van der Waals surface area contributed by atoms with Crippen molar-refractivity contribution in [2.24, 2.45) is 0 Å². The highest BCUT2D eigenvalue weighted by atomic mass is 35.5. The van der Waals surface area contributed by atoms with Crippen molar-refractivity contribution in [3.8, 4) is 6.07 Å². The summed E-state index contributed by atoms with van der Waals surface area (Å²) >= 11 is 6.85. The fourth-order valence-corrected chi connectivity index (χ4v) is 4.34. The predicted molar refractivity (Wildman–Crippen MR) is 64.1 cm³/mol. The normalized spacial score (nSPS) is 11.7. The molecule has 4 nitrogen and oxygen atoms in total. The quantitative estimate of drug-likeness (QED) is 0.794. The Hall–Kier alpha value is -0.610. The van der Waals surface area contributed by atoms with E-state index in [4.69, 9.17) is 16.9 Å². The maximum atomic E-state index is 12.0. The summed E-state index contributed by atoms with van der Waals surface area (Å²) in [6.45, 7) is 3.56. The van der Waals surface area contributed by atoms with E-state index in [0.29, 0.717) is 4.34 Å². The van der Waals surface area contributed by atoms with Crippen LogP contribution in [0.25, 0.3) is 0 Å². The smallest absolute Gasteiger partial charge is 0.206 e. The van der Waals surface area contributed by atoms with Gasteiger partial charge in [0.25, 0.3) is 10.0 Å². The first-order valence-electron chi connectivity index (χ1n) is 4.56. The number of nitriles is 1. The van der Waals surface area contributed by atoms with Gasteiger partial charge in [0.2, 0.25) is 0 Å². The molecule has 0 bridgehead atoms.